The lowest BCUT2D eigenvalue weighted by Crippen LogP contribution is -2.36. The summed E-state index contributed by atoms with van der Waals surface area (Å²) in [6.45, 7) is 7.28. The van der Waals surface area contributed by atoms with Crippen LogP contribution >= 0.6 is 12.4 Å². The number of hydrogen-bond acceptors (Lipinski definition) is 2. The minimum Gasteiger partial charge on any atom is -0.337 e. The van der Waals surface area contributed by atoms with E-state index in [1.54, 1.807) is 0 Å². The van der Waals surface area contributed by atoms with Crippen molar-refractivity contribution in [1.29, 1.82) is 0 Å². The number of carbonyl (C=O) groups is 1. The van der Waals surface area contributed by atoms with Gasteiger partial charge < -0.3 is 10.6 Å². The number of amides is 1. The second kappa shape index (κ2) is 7.30. The molecule has 0 radical (unpaired) electrons. The van der Waals surface area contributed by atoms with Gasteiger partial charge >= 0.3 is 0 Å². The first kappa shape index (κ1) is 15.9. The van der Waals surface area contributed by atoms with Crippen molar-refractivity contribution in [2.45, 2.75) is 33.4 Å². The molecule has 0 heterocycles. The molecular weight excluding hydrogens is 236 g/mol. The summed E-state index contributed by atoms with van der Waals surface area (Å²) in [5.74, 6) is 0.0843. The summed E-state index contributed by atoms with van der Waals surface area (Å²) in [6, 6.07) is 7.72. The number of nitrogens with two attached hydrogens (primary N) is 1. The van der Waals surface area contributed by atoms with E-state index in [9.17, 15) is 4.79 Å². The lowest BCUT2D eigenvalue weighted by atomic mass is 10.1. The second-order valence-electron chi connectivity index (χ2n) is 4.09. The third-order valence-electron chi connectivity index (χ3n) is 2.66. The molecule has 0 aliphatic carbocycles. The van der Waals surface area contributed by atoms with Gasteiger partial charge in [0.2, 0.25) is 0 Å². The topological polar surface area (TPSA) is 46.3 Å². The van der Waals surface area contributed by atoms with Gasteiger partial charge in [0.25, 0.3) is 5.91 Å². The van der Waals surface area contributed by atoms with Crippen LogP contribution in [0, 0.1) is 0 Å². The van der Waals surface area contributed by atoms with Crippen LogP contribution in [-0.4, -0.2) is 23.4 Å². The average molecular weight is 257 g/mol. The Morgan fingerprint density at radius 1 is 1.29 bits per heavy atom. The molecule has 0 aromatic heterocycles. The summed E-state index contributed by atoms with van der Waals surface area (Å²) in [6.07, 6.45) is 0. The van der Waals surface area contributed by atoms with E-state index in [2.05, 4.69) is 0 Å². The number of carbonyl (C=O) groups excluding carboxylic acids is 1. The van der Waals surface area contributed by atoms with Gasteiger partial charge in [-0.05, 0) is 38.5 Å². The van der Waals surface area contributed by atoms with Crippen molar-refractivity contribution in [3.05, 3.63) is 35.4 Å². The van der Waals surface area contributed by atoms with Crippen LogP contribution in [0.2, 0.25) is 0 Å². The van der Waals surface area contributed by atoms with Crippen LogP contribution in [0.25, 0.3) is 0 Å². The van der Waals surface area contributed by atoms with Gasteiger partial charge in [0, 0.05) is 24.7 Å². The molecule has 1 aromatic rings. The van der Waals surface area contributed by atoms with E-state index >= 15 is 0 Å². The molecule has 0 atom stereocenters. The molecule has 0 aliphatic heterocycles. The number of nitrogens with zero attached hydrogens (tertiary/aromatic N) is 1. The maximum Gasteiger partial charge on any atom is 0.254 e. The Bertz CT molecular complexity index is 349. The molecule has 0 saturated carbocycles. The maximum atomic E-state index is 12.1. The molecule has 4 heteroatoms. The van der Waals surface area contributed by atoms with E-state index < -0.39 is 0 Å². The molecule has 0 aliphatic rings. The lowest BCUT2D eigenvalue weighted by molar-refractivity contribution is 0.0717. The van der Waals surface area contributed by atoms with Gasteiger partial charge in [0.1, 0.15) is 0 Å². The van der Waals surface area contributed by atoms with Gasteiger partial charge in [-0.3, -0.25) is 4.79 Å². The summed E-state index contributed by atoms with van der Waals surface area (Å²) in [5.41, 5.74) is 7.29. The highest BCUT2D eigenvalue weighted by Crippen LogP contribution is 2.09. The number of benzene rings is 1. The molecule has 0 bridgehead atoms. The molecule has 1 aromatic carbocycles. The Hall–Kier alpha value is -1.06. The van der Waals surface area contributed by atoms with Crippen molar-refractivity contribution in [3.8, 4) is 0 Å². The first-order valence-electron chi connectivity index (χ1n) is 5.70. The predicted molar refractivity (Wildman–Crippen MR) is 73.4 cm³/mol. The largest absolute Gasteiger partial charge is 0.337 e. The zero-order valence-electron chi connectivity index (χ0n) is 10.6. The van der Waals surface area contributed by atoms with Gasteiger partial charge in [-0.1, -0.05) is 12.1 Å². The van der Waals surface area contributed by atoms with E-state index in [1.165, 1.54) is 0 Å². The molecular formula is C13H21ClN2O. The van der Waals surface area contributed by atoms with Crippen molar-refractivity contribution in [2.24, 2.45) is 5.73 Å². The zero-order valence-corrected chi connectivity index (χ0v) is 11.5. The fraction of sp³-hybridized carbons (Fsp3) is 0.462. The first-order chi connectivity index (χ1) is 7.60. The summed E-state index contributed by atoms with van der Waals surface area (Å²) in [7, 11) is 0. The molecule has 96 valence electrons. The maximum absolute atomic E-state index is 12.1. The van der Waals surface area contributed by atoms with Crippen LogP contribution in [0.4, 0.5) is 0 Å². The third-order valence-corrected chi connectivity index (χ3v) is 2.66. The van der Waals surface area contributed by atoms with Crippen LogP contribution in [0.15, 0.2) is 24.3 Å². The Kier molecular flexibility index (Phi) is 6.85. The molecule has 0 saturated heterocycles. The average Bonchev–Trinajstić information content (AvgIpc) is 2.29. The molecule has 1 amide bonds. The smallest absolute Gasteiger partial charge is 0.254 e. The van der Waals surface area contributed by atoms with Crippen LogP contribution < -0.4 is 5.73 Å². The van der Waals surface area contributed by atoms with E-state index in [4.69, 9.17) is 5.73 Å². The minimum absolute atomic E-state index is 0. The highest BCUT2D eigenvalue weighted by atomic mass is 35.5. The molecule has 0 fully saturated rings. The number of rotatable bonds is 4. The van der Waals surface area contributed by atoms with Gasteiger partial charge in [-0.25, -0.2) is 0 Å². The summed E-state index contributed by atoms with van der Waals surface area (Å²) in [4.78, 5) is 14.0. The number of halogens is 1. The summed E-state index contributed by atoms with van der Waals surface area (Å²) in [5, 5.41) is 0. The van der Waals surface area contributed by atoms with E-state index in [0.29, 0.717) is 6.54 Å². The monoisotopic (exact) mass is 256 g/mol. The fourth-order valence-electron chi connectivity index (χ4n) is 1.69. The van der Waals surface area contributed by atoms with Gasteiger partial charge in [-0.2, -0.15) is 0 Å². The van der Waals surface area contributed by atoms with Crippen molar-refractivity contribution in [2.75, 3.05) is 6.54 Å². The summed E-state index contributed by atoms with van der Waals surface area (Å²) >= 11 is 0. The quantitative estimate of drug-likeness (QED) is 0.900. The van der Waals surface area contributed by atoms with Crippen molar-refractivity contribution in [3.63, 3.8) is 0 Å². The Morgan fingerprint density at radius 3 is 2.18 bits per heavy atom. The van der Waals surface area contributed by atoms with Crippen molar-refractivity contribution in [1.82, 2.24) is 4.90 Å². The molecule has 2 N–H and O–H groups in total. The molecule has 1 rings (SSSR count). The van der Waals surface area contributed by atoms with E-state index in [-0.39, 0.29) is 24.4 Å². The van der Waals surface area contributed by atoms with E-state index in [0.717, 1.165) is 17.7 Å². The zero-order chi connectivity index (χ0) is 12.1. The normalized spacial score (nSPS) is 9.94. The Labute approximate surface area is 109 Å². The Morgan fingerprint density at radius 2 is 1.82 bits per heavy atom. The fourth-order valence-corrected chi connectivity index (χ4v) is 1.69. The highest BCUT2D eigenvalue weighted by Gasteiger charge is 2.16. The lowest BCUT2D eigenvalue weighted by Gasteiger charge is -2.25. The van der Waals surface area contributed by atoms with Crippen molar-refractivity contribution < 1.29 is 4.79 Å². The predicted octanol–water partition coefficient (Wildman–Crippen LogP) is 2.44. The van der Waals surface area contributed by atoms with Gasteiger partial charge in [0.15, 0.2) is 0 Å². The molecule has 3 nitrogen and oxygen atoms in total. The first-order valence-corrected chi connectivity index (χ1v) is 5.70. The second-order valence-corrected chi connectivity index (χ2v) is 4.09. The molecule has 17 heavy (non-hydrogen) atoms. The minimum atomic E-state index is 0. The SMILES string of the molecule is CCN(C(=O)c1ccc(CN)cc1)C(C)C.Cl. The summed E-state index contributed by atoms with van der Waals surface area (Å²) < 4.78 is 0. The third kappa shape index (κ3) is 4.02. The van der Waals surface area contributed by atoms with Crippen LogP contribution in [0.1, 0.15) is 36.7 Å². The van der Waals surface area contributed by atoms with E-state index in [1.807, 2.05) is 49.9 Å². The van der Waals surface area contributed by atoms with Crippen molar-refractivity contribution >= 4 is 18.3 Å². The highest BCUT2D eigenvalue weighted by molar-refractivity contribution is 5.94. The van der Waals surface area contributed by atoms with Crippen LogP contribution in [0.3, 0.4) is 0 Å². The van der Waals surface area contributed by atoms with Crippen LogP contribution in [-0.2, 0) is 6.54 Å². The molecule has 0 spiro atoms. The van der Waals surface area contributed by atoms with Gasteiger partial charge in [0.05, 0.1) is 0 Å². The standard InChI is InChI=1S/C13H20N2O.ClH/c1-4-15(10(2)3)13(16)12-7-5-11(9-14)6-8-12;/h5-8,10H,4,9,14H2,1-3H3;1H. The molecule has 0 unspecified atom stereocenters. The number of hydrogen-bond donors (Lipinski definition) is 1. The Balaban J connectivity index is 0.00000256. The van der Waals surface area contributed by atoms with Crippen LogP contribution in [0.5, 0.6) is 0 Å². The van der Waals surface area contributed by atoms with Gasteiger partial charge in [-0.15, -0.1) is 12.4 Å².